The Balaban J connectivity index is 1.52. The van der Waals surface area contributed by atoms with Gasteiger partial charge in [-0.2, -0.15) is 9.40 Å². The van der Waals surface area contributed by atoms with Gasteiger partial charge in [0, 0.05) is 37.8 Å². The zero-order valence-electron chi connectivity index (χ0n) is 16.9. The fraction of sp³-hybridized carbons (Fsp3) is 0.190. The van der Waals surface area contributed by atoms with Crippen LogP contribution in [-0.2, 0) is 30.0 Å². The Bertz CT molecular complexity index is 1430. The third-order valence-corrected chi connectivity index (χ3v) is 7.74. The summed E-state index contributed by atoms with van der Waals surface area (Å²) in [4.78, 5) is 0.0511. The second-order valence-corrected chi connectivity index (χ2v) is 9.62. The van der Waals surface area contributed by atoms with Gasteiger partial charge in [0.2, 0.25) is 10.0 Å². The summed E-state index contributed by atoms with van der Waals surface area (Å²) in [6.07, 6.45) is 0.455. The third kappa shape index (κ3) is 3.40. The Morgan fingerprint density at radius 1 is 1.06 bits per heavy atom. The molecular weight excluding hydrogens is 457 g/mol. The molecule has 5 rings (SSSR count). The van der Waals surface area contributed by atoms with Gasteiger partial charge < -0.3 is 4.42 Å². The molecule has 0 saturated carbocycles. The predicted molar refractivity (Wildman–Crippen MR) is 115 cm³/mol. The highest BCUT2D eigenvalue weighted by atomic mass is 35.5. The fourth-order valence-electron chi connectivity index (χ4n) is 3.80. The molecule has 0 unspecified atom stereocenters. The SMILES string of the molecule is Cn1nc(-c2nnc(-c3ccccc3F)o2)c2c1CCN(S(=O)(=O)c1ccccc1Cl)C2. The topological polar surface area (TPSA) is 94.1 Å². The van der Waals surface area contributed by atoms with Crippen LogP contribution in [0.2, 0.25) is 5.02 Å². The summed E-state index contributed by atoms with van der Waals surface area (Å²) in [5.74, 6) is -0.367. The van der Waals surface area contributed by atoms with E-state index in [1.807, 2.05) is 0 Å². The Morgan fingerprint density at radius 2 is 1.78 bits per heavy atom. The van der Waals surface area contributed by atoms with Gasteiger partial charge in [0.25, 0.3) is 11.8 Å². The van der Waals surface area contributed by atoms with Gasteiger partial charge in [0.15, 0.2) is 5.69 Å². The van der Waals surface area contributed by atoms with Gasteiger partial charge in [-0.15, -0.1) is 10.2 Å². The largest absolute Gasteiger partial charge is 0.414 e. The van der Waals surface area contributed by atoms with Gasteiger partial charge in [-0.1, -0.05) is 35.9 Å². The van der Waals surface area contributed by atoms with E-state index in [4.69, 9.17) is 16.0 Å². The zero-order valence-corrected chi connectivity index (χ0v) is 18.4. The van der Waals surface area contributed by atoms with Gasteiger partial charge in [-0.3, -0.25) is 4.68 Å². The lowest BCUT2D eigenvalue weighted by atomic mass is 10.1. The van der Waals surface area contributed by atoms with Gasteiger partial charge in [0.1, 0.15) is 10.7 Å². The van der Waals surface area contributed by atoms with Crippen molar-refractivity contribution >= 4 is 21.6 Å². The molecule has 1 aliphatic rings. The smallest absolute Gasteiger partial charge is 0.268 e. The van der Waals surface area contributed by atoms with Crippen LogP contribution in [0, 0.1) is 5.82 Å². The number of sulfonamides is 1. The molecule has 164 valence electrons. The van der Waals surface area contributed by atoms with Crippen molar-refractivity contribution < 1.29 is 17.2 Å². The molecule has 0 spiro atoms. The third-order valence-electron chi connectivity index (χ3n) is 5.39. The molecule has 2 aromatic carbocycles. The van der Waals surface area contributed by atoms with E-state index in [9.17, 15) is 12.8 Å². The minimum atomic E-state index is -3.82. The van der Waals surface area contributed by atoms with E-state index >= 15 is 0 Å². The van der Waals surface area contributed by atoms with Crippen LogP contribution in [-0.4, -0.2) is 39.2 Å². The summed E-state index contributed by atoms with van der Waals surface area (Å²) in [7, 11) is -2.05. The van der Waals surface area contributed by atoms with Crippen molar-refractivity contribution in [1.82, 2.24) is 24.3 Å². The van der Waals surface area contributed by atoms with E-state index in [0.29, 0.717) is 17.7 Å². The van der Waals surface area contributed by atoms with Gasteiger partial charge in [0.05, 0.1) is 10.6 Å². The number of hydrogen-bond donors (Lipinski definition) is 0. The molecule has 4 aromatic rings. The normalized spacial score (nSPS) is 14.5. The first-order valence-electron chi connectivity index (χ1n) is 9.74. The highest BCUT2D eigenvalue weighted by molar-refractivity contribution is 7.89. The lowest BCUT2D eigenvalue weighted by Gasteiger charge is -2.27. The molecule has 1 aliphatic heterocycles. The molecule has 0 N–H and O–H groups in total. The number of aryl methyl sites for hydroxylation is 1. The van der Waals surface area contributed by atoms with Crippen LogP contribution in [0.4, 0.5) is 4.39 Å². The van der Waals surface area contributed by atoms with Gasteiger partial charge in [-0.25, -0.2) is 12.8 Å². The minimum absolute atomic E-state index is 0.0221. The summed E-state index contributed by atoms with van der Waals surface area (Å²) < 4.78 is 49.3. The van der Waals surface area contributed by atoms with Crippen molar-refractivity contribution in [2.75, 3.05) is 6.54 Å². The van der Waals surface area contributed by atoms with Crippen LogP contribution in [0.5, 0.6) is 0 Å². The molecule has 2 aromatic heterocycles. The average molecular weight is 474 g/mol. The second kappa shape index (κ2) is 7.80. The lowest BCUT2D eigenvalue weighted by molar-refractivity contribution is 0.386. The van der Waals surface area contributed by atoms with Crippen molar-refractivity contribution in [1.29, 1.82) is 0 Å². The molecule has 0 saturated heterocycles. The highest BCUT2D eigenvalue weighted by Crippen LogP contribution is 2.34. The summed E-state index contributed by atoms with van der Waals surface area (Å²) in [6.45, 7) is 0.354. The molecule has 0 amide bonds. The number of fused-ring (bicyclic) bond motifs is 1. The molecule has 11 heteroatoms. The Morgan fingerprint density at radius 3 is 2.56 bits per heavy atom. The van der Waals surface area contributed by atoms with Gasteiger partial charge in [-0.05, 0) is 24.3 Å². The first-order chi connectivity index (χ1) is 15.4. The maximum Gasteiger partial charge on any atom is 0.268 e. The quantitative estimate of drug-likeness (QED) is 0.449. The minimum Gasteiger partial charge on any atom is -0.414 e. The standard InChI is InChI=1S/C21H17ClFN5O3S/c1-27-17-10-11-28(32(29,30)18-9-5-3-7-15(18)22)12-14(17)19(26-27)21-25-24-20(31-21)13-6-2-4-8-16(13)23/h2-9H,10-12H2,1H3. The van der Waals surface area contributed by atoms with Crippen molar-refractivity contribution in [2.24, 2.45) is 7.05 Å². The van der Waals surface area contributed by atoms with E-state index in [-0.39, 0.29) is 40.4 Å². The fourth-order valence-corrected chi connectivity index (χ4v) is 5.70. The maximum absolute atomic E-state index is 14.1. The monoisotopic (exact) mass is 473 g/mol. The number of nitrogens with zero attached hydrogens (tertiary/aromatic N) is 5. The van der Waals surface area contributed by atoms with Crippen LogP contribution in [0.1, 0.15) is 11.3 Å². The summed E-state index contributed by atoms with van der Waals surface area (Å²) in [6, 6.07) is 12.4. The number of benzene rings is 2. The highest BCUT2D eigenvalue weighted by Gasteiger charge is 2.34. The number of hydrogen-bond acceptors (Lipinski definition) is 6. The first kappa shape index (κ1) is 20.8. The van der Waals surface area contributed by atoms with Crippen LogP contribution >= 0.6 is 11.6 Å². The van der Waals surface area contributed by atoms with Crippen LogP contribution in [0.3, 0.4) is 0 Å². The van der Waals surface area contributed by atoms with Crippen molar-refractivity contribution in [2.45, 2.75) is 17.9 Å². The summed E-state index contributed by atoms with van der Waals surface area (Å²) in [5.41, 5.74) is 2.09. The second-order valence-electron chi connectivity index (χ2n) is 7.31. The van der Waals surface area contributed by atoms with Crippen molar-refractivity contribution in [3.63, 3.8) is 0 Å². The molecule has 0 fully saturated rings. The van der Waals surface area contributed by atoms with E-state index in [0.717, 1.165) is 5.69 Å². The Labute approximate surface area is 188 Å². The van der Waals surface area contributed by atoms with Gasteiger partial charge >= 0.3 is 0 Å². The van der Waals surface area contributed by atoms with E-state index in [1.54, 1.807) is 48.1 Å². The number of halogens is 2. The lowest BCUT2D eigenvalue weighted by Crippen LogP contribution is -2.36. The zero-order chi connectivity index (χ0) is 22.5. The van der Waals surface area contributed by atoms with Crippen LogP contribution in [0.15, 0.2) is 57.8 Å². The molecule has 32 heavy (non-hydrogen) atoms. The molecule has 0 atom stereocenters. The molecule has 8 nitrogen and oxygen atoms in total. The molecular formula is C21H17ClFN5O3S. The van der Waals surface area contributed by atoms with E-state index in [1.165, 1.54) is 16.4 Å². The average Bonchev–Trinajstić information content (AvgIpc) is 3.39. The predicted octanol–water partition coefficient (Wildman–Crippen LogP) is 3.68. The first-order valence-corrected chi connectivity index (χ1v) is 11.6. The molecule has 0 aliphatic carbocycles. The van der Waals surface area contributed by atoms with Crippen molar-refractivity contribution in [3.05, 3.63) is 70.6 Å². The number of rotatable bonds is 4. The van der Waals surface area contributed by atoms with E-state index in [2.05, 4.69) is 15.3 Å². The molecule has 3 heterocycles. The van der Waals surface area contributed by atoms with Crippen LogP contribution in [0.25, 0.3) is 23.0 Å². The summed E-state index contributed by atoms with van der Waals surface area (Å²) >= 11 is 6.15. The Kier molecular flexibility index (Phi) is 5.07. The summed E-state index contributed by atoms with van der Waals surface area (Å²) in [5, 5.41) is 12.6. The van der Waals surface area contributed by atoms with Crippen molar-refractivity contribution in [3.8, 4) is 23.0 Å². The van der Waals surface area contributed by atoms with E-state index < -0.39 is 15.8 Å². The van der Waals surface area contributed by atoms with Crippen LogP contribution < -0.4 is 0 Å². The molecule has 0 radical (unpaired) electrons. The molecule has 0 bridgehead atoms. The maximum atomic E-state index is 14.1. The number of aromatic nitrogens is 4. The Hall–Kier alpha value is -3.08.